The zero-order chi connectivity index (χ0) is 11.7. The lowest BCUT2D eigenvalue weighted by Crippen LogP contribution is -2.03. The zero-order valence-corrected chi connectivity index (χ0v) is 9.53. The van der Waals surface area contributed by atoms with Gasteiger partial charge in [0.1, 0.15) is 0 Å². The first-order valence-electron chi connectivity index (χ1n) is 5.46. The van der Waals surface area contributed by atoms with Crippen molar-refractivity contribution in [1.82, 2.24) is 4.57 Å². The van der Waals surface area contributed by atoms with E-state index in [1.54, 1.807) is 6.07 Å². The van der Waals surface area contributed by atoms with Gasteiger partial charge in [0.05, 0.1) is 11.1 Å². The fraction of sp³-hybridized carbons (Fsp3) is 0.308. The molecule has 0 spiro atoms. The third kappa shape index (κ3) is 1.69. The first-order valence-corrected chi connectivity index (χ1v) is 5.46. The highest BCUT2D eigenvalue weighted by Crippen LogP contribution is 2.22. The predicted molar refractivity (Wildman–Crippen MR) is 63.9 cm³/mol. The van der Waals surface area contributed by atoms with Gasteiger partial charge in [0.15, 0.2) is 0 Å². The molecule has 0 aliphatic rings. The topological polar surface area (TPSA) is 42.2 Å². The van der Waals surface area contributed by atoms with Crippen LogP contribution in [-0.4, -0.2) is 15.6 Å². The number of aromatic carboxylic acids is 1. The summed E-state index contributed by atoms with van der Waals surface area (Å²) >= 11 is 0. The normalized spacial score (nSPS) is 10.9. The molecule has 0 aliphatic heterocycles. The number of nitrogens with zero attached hydrogens (tertiary/aromatic N) is 1. The smallest absolute Gasteiger partial charge is 0.337 e. The Morgan fingerprint density at radius 1 is 1.44 bits per heavy atom. The highest BCUT2D eigenvalue weighted by Gasteiger charge is 2.12. The number of aryl methyl sites for hydroxylation is 2. The van der Waals surface area contributed by atoms with E-state index < -0.39 is 5.97 Å². The lowest BCUT2D eigenvalue weighted by atomic mass is 10.1. The van der Waals surface area contributed by atoms with Gasteiger partial charge in [0, 0.05) is 18.1 Å². The van der Waals surface area contributed by atoms with Crippen LogP contribution in [0.25, 0.3) is 10.9 Å². The molecule has 0 atom stereocenters. The van der Waals surface area contributed by atoms with Crippen molar-refractivity contribution in [3.8, 4) is 0 Å². The molecule has 3 heteroatoms. The third-order valence-corrected chi connectivity index (χ3v) is 2.70. The van der Waals surface area contributed by atoms with Crippen molar-refractivity contribution in [2.24, 2.45) is 0 Å². The summed E-state index contributed by atoms with van der Waals surface area (Å²) in [6.07, 6.45) is 2.96. The highest BCUT2D eigenvalue weighted by atomic mass is 16.4. The summed E-state index contributed by atoms with van der Waals surface area (Å²) < 4.78 is 2.01. The Kier molecular flexibility index (Phi) is 2.69. The number of benzene rings is 1. The summed E-state index contributed by atoms with van der Waals surface area (Å²) in [6, 6.07) is 5.73. The minimum Gasteiger partial charge on any atom is -0.478 e. The first-order chi connectivity index (χ1) is 7.63. The first kappa shape index (κ1) is 10.7. The van der Waals surface area contributed by atoms with Crippen LogP contribution in [-0.2, 0) is 6.54 Å². The Hall–Kier alpha value is -1.77. The van der Waals surface area contributed by atoms with Gasteiger partial charge < -0.3 is 9.67 Å². The summed E-state index contributed by atoms with van der Waals surface area (Å²) in [5.41, 5.74) is 2.22. The number of carbonyl (C=O) groups is 1. The molecule has 1 N–H and O–H groups in total. The van der Waals surface area contributed by atoms with Gasteiger partial charge in [-0.3, -0.25) is 0 Å². The monoisotopic (exact) mass is 217 g/mol. The van der Waals surface area contributed by atoms with Crippen molar-refractivity contribution in [2.45, 2.75) is 26.8 Å². The summed E-state index contributed by atoms with van der Waals surface area (Å²) in [4.78, 5) is 11.2. The maximum Gasteiger partial charge on any atom is 0.337 e. The summed E-state index contributed by atoms with van der Waals surface area (Å²) in [5, 5.41) is 10.2. The van der Waals surface area contributed by atoms with Crippen LogP contribution in [0.3, 0.4) is 0 Å². The Morgan fingerprint density at radius 3 is 2.81 bits per heavy atom. The number of aromatic nitrogens is 1. The molecule has 0 saturated heterocycles. The van der Waals surface area contributed by atoms with Gasteiger partial charge in [-0.2, -0.15) is 0 Å². The predicted octanol–water partition coefficient (Wildman–Crippen LogP) is 3.06. The largest absolute Gasteiger partial charge is 0.478 e. The van der Waals surface area contributed by atoms with Gasteiger partial charge in [0.2, 0.25) is 0 Å². The van der Waals surface area contributed by atoms with Crippen LogP contribution in [0.5, 0.6) is 0 Å². The summed E-state index contributed by atoms with van der Waals surface area (Å²) in [6.45, 7) is 4.86. The van der Waals surface area contributed by atoms with Crippen molar-refractivity contribution >= 4 is 16.9 Å². The lowest BCUT2D eigenvalue weighted by molar-refractivity contribution is 0.0698. The van der Waals surface area contributed by atoms with E-state index in [1.165, 1.54) is 0 Å². The van der Waals surface area contributed by atoms with Crippen molar-refractivity contribution < 1.29 is 9.90 Å². The minimum atomic E-state index is -0.857. The molecular weight excluding hydrogens is 202 g/mol. The van der Waals surface area contributed by atoms with Crippen molar-refractivity contribution in [3.63, 3.8) is 0 Å². The molecule has 0 saturated carbocycles. The maximum absolute atomic E-state index is 11.2. The van der Waals surface area contributed by atoms with E-state index in [4.69, 9.17) is 0 Å². The summed E-state index contributed by atoms with van der Waals surface area (Å²) in [5.74, 6) is -0.857. The molecule has 0 bridgehead atoms. The van der Waals surface area contributed by atoms with Gasteiger partial charge in [-0.15, -0.1) is 0 Å². The minimum absolute atomic E-state index is 0.397. The molecule has 0 radical (unpaired) electrons. The van der Waals surface area contributed by atoms with Crippen LogP contribution in [0.2, 0.25) is 0 Å². The van der Waals surface area contributed by atoms with Crippen molar-refractivity contribution in [1.29, 1.82) is 0 Å². The van der Waals surface area contributed by atoms with E-state index in [-0.39, 0.29) is 0 Å². The van der Waals surface area contributed by atoms with E-state index in [9.17, 15) is 9.90 Å². The molecule has 1 aromatic heterocycles. The number of carboxylic acids is 1. The average molecular weight is 217 g/mol. The Bertz CT molecular complexity index is 540. The van der Waals surface area contributed by atoms with E-state index in [2.05, 4.69) is 6.92 Å². The van der Waals surface area contributed by atoms with Gasteiger partial charge >= 0.3 is 5.97 Å². The highest BCUT2D eigenvalue weighted by molar-refractivity contribution is 6.02. The second-order valence-corrected chi connectivity index (χ2v) is 4.06. The van der Waals surface area contributed by atoms with Gasteiger partial charge in [-0.25, -0.2) is 4.79 Å². The molecular formula is C13H15NO2. The molecule has 84 valence electrons. The molecule has 16 heavy (non-hydrogen) atoms. The standard InChI is InChI=1S/C13H15NO2/c1-3-5-14-6-4-10-7-9(2)8-11(12(10)14)13(15)16/h4,6-8H,3,5H2,1-2H3,(H,15,16). The fourth-order valence-electron chi connectivity index (χ4n) is 2.09. The van der Waals surface area contributed by atoms with Crippen LogP contribution >= 0.6 is 0 Å². The van der Waals surface area contributed by atoms with Gasteiger partial charge in [-0.05, 0) is 37.1 Å². The van der Waals surface area contributed by atoms with E-state index >= 15 is 0 Å². The van der Waals surface area contributed by atoms with E-state index in [0.717, 1.165) is 29.4 Å². The van der Waals surface area contributed by atoms with Gasteiger partial charge in [-0.1, -0.05) is 6.92 Å². The molecule has 0 aliphatic carbocycles. The van der Waals surface area contributed by atoms with Crippen LogP contribution in [0, 0.1) is 6.92 Å². The lowest BCUT2D eigenvalue weighted by Gasteiger charge is -2.07. The van der Waals surface area contributed by atoms with Crippen LogP contribution in [0.15, 0.2) is 24.4 Å². The average Bonchev–Trinajstić information content (AvgIpc) is 2.60. The molecule has 2 rings (SSSR count). The number of hydrogen-bond donors (Lipinski definition) is 1. The SMILES string of the molecule is CCCn1ccc2cc(C)cc(C(=O)O)c21. The third-order valence-electron chi connectivity index (χ3n) is 2.70. The van der Waals surface area contributed by atoms with E-state index in [0.29, 0.717) is 5.56 Å². The molecule has 1 heterocycles. The maximum atomic E-state index is 11.2. The van der Waals surface area contributed by atoms with Crippen LogP contribution < -0.4 is 0 Å². The molecule has 0 unspecified atom stereocenters. The van der Waals surface area contributed by atoms with Crippen LogP contribution in [0.4, 0.5) is 0 Å². The fourth-order valence-corrected chi connectivity index (χ4v) is 2.09. The van der Waals surface area contributed by atoms with Crippen LogP contribution in [0.1, 0.15) is 29.3 Å². The number of carboxylic acid groups (broad SMARTS) is 1. The van der Waals surface area contributed by atoms with Gasteiger partial charge in [0.25, 0.3) is 0 Å². The number of hydrogen-bond acceptors (Lipinski definition) is 1. The van der Waals surface area contributed by atoms with E-state index in [1.807, 2.05) is 29.8 Å². The second kappa shape index (κ2) is 4.00. The summed E-state index contributed by atoms with van der Waals surface area (Å²) in [7, 11) is 0. The van der Waals surface area contributed by atoms with Crippen molar-refractivity contribution in [2.75, 3.05) is 0 Å². The second-order valence-electron chi connectivity index (χ2n) is 4.06. The quantitative estimate of drug-likeness (QED) is 0.858. The Labute approximate surface area is 94.3 Å². The number of fused-ring (bicyclic) bond motifs is 1. The molecule has 3 nitrogen and oxygen atoms in total. The Balaban J connectivity index is 2.74. The molecule has 0 amide bonds. The molecule has 0 fully saturated rings. The number of rotatable bonds is 3. The van der Waals surface area contributed by atoms with Crippen molar-refractivity contribution in [3.05, 3.63) is 35.5 Å². The zero-order valence-electron chi connectivity index (χ0n) is 9.53. The molecule has 2 aromatic rings. The molecule has 1 aromatic carbocycles. The Morgan fingerprint density at radius 2 is 2.19 bits per heavy atom.